The van der Waals surface area contributed by atoms with Crippen molar-refractivity contribution >= 4 is 11.6 Å². The fraction of sp³-hybridized carbons (Fsp3) is 0.571. The first-order chi connectivity index (χ1) is 8.66. The maximum Gasteiger partial charge on any atom is 0.137 e. The third-order valence-corrected chi connectivity index (χ3v) is 3.55. The highest BCUT2D eigenvalue weighted by molar-refractivity contribution is 6.32. The molecule has 0 radical (unpaired) electrons. The summed E-state index contributed by atoms with van der Waals surface area (Å²) in [7, 11) is 0. The van der Waals surface area contributed by atoms with Crippen LogP contribution in [0.25, 0.3) is 0 Å². The molecule has 1 aliphatic rings. The van der Waals surface area contributed by atoms with Gasteiger partial charge in [-0.05, 0) is 43.4 Å². The molecule has 100 valence electrons. The predicted octanol–water partition coefficient (Wildman–Crippen LogP) is 3.20. The van der Waals surface area contributed by atoms with Gasteiger partial charge in [-0.2, -0.15) is 0 Å². The number of benzene rings is 1. The van der Waals surface area contributed by atoms with Crippen LogP contribution in [0.2, 0.25) is 5.02 Å². The zero-order valence-electron chi connectivity index (χ0n) is 10.6. The highest BCUT2D eigenvalue weighted by atomic mass is 35.5. The molecule has 3 nitrogen and oxygen atoms in total. The fourth-order valence-corrected chi connectivity index (χ4v) is 2.26. The molecule has 1 atom stereocenters. The summed E-state index contributed by atoms with van der Waals surface area (Å²) in [6, 6.07) is 5.42. The molecule has 1 aromatic rings. The van der Waals surface area contributed by atoms with Crippen molar-refractivity contribution < 1.29 is 14.6 Å². The van der Waals surface area contributed by atoms with Gasteiger partial charge in [0.25, 0.3) is 0 Å². The zero-order valence-corrected chi connectivity index (χ0v) is 11.3. The molecule has 1 saturated heterocycles. The number of aliphatic hydroxyl groups excluding tert-OH is 1. The average molecular weight is 271 g/mol. The lowest BCUT2D eigenvalue weighted by molar-refractivity contribution is 0.0497. The molecule has 0 saturated carbocycles. The summed E-state index contributed by atoms with van der Waals surface area (Å²) in [4.78, 5) is 0. The van der Waals surface area contributed by atoms with E-state index in [-0.39, 0.29) is 0 Å². The van der Waals surface area contributed by atoms with Gasteiger partial charge in [-0.3, -0.25) is 0 Å². The maximum atomic E-state index is 9.46. The van der Waals surface area contributed by atoms with Gasteiger partial charge in [0, 0.05) is 13.2 Å². The predicted molar refractivity (Wildman–Crippen MR) is 71.1 cm³/mol. The maximum absolute atomic E-state index is 9.46. The van der Waals surface area contributed by atoms with Crippen LogP contribution in [0.4, 0.5) is 0 Å². The second-order valence-electron chi connectivity index (χ2n) is 4.73. The Morgan fingerprint density at radius 1 is 1.44 bits per heavy atom. The van der Waals surface area contributed by atoms with Gasteiger partial charge in [0.2, 0.25) is 0 Å². The summed E-state index contributed by atoms with van der Waals surface area (Å²) in [5, 5.41) is 10.0. The van der Waals surface area contributed by atoms with E-state index >= 15 is 0 Å². The van der Waals surface area contributed by atoms with Crippen molar-refractivity contribution in [2.45, 2.75) is 25.9 Å². The standard InChI is InChI=1S/C14H19ClO3/c1-10(16)12-2-3-14(13(15)8-12)18-9-11-4-6-17-7-5-11/h2-3,8,10-11,16H,4-7,9H2,1H3/t10-/m1/s1. The van der Waals surface area contributed by atoms with Gasteiger partial charge in [0.15, 0.2) is 0 Å². The molecule has 1 aromatic carbocycles. The molecule has 0 aliphatic carbocycles. The van der Waals surface area contributed by atoms with E-state index < -0.39 is 6.10 Å². The van der Waals surface area contributed by atoms with E-state index in [2.05, 4.69) is 0 Å². The summed E-state index contributed by atoms with van der Waals surface area (Å²) in [6.07, 6.45) is 1.58. The fourth-order valence-electron chi connectivity index (χ4n) is 2.01. The van der Waals surface area contributed by atoms with Crippen molar-refractivity contribution in [2.24, 2.45) is 5.92 Å². The van der Waals surface area contributed by atoms with Crippen LogP contribution in [0.15, 0.2) is 18.2 Å². The Morgan fingerprint density at radius 3 is 2.78 bits per heavy atom. The Kier molecular flexibility index (Phi) is 4.87. The molecular formula is C14H19ClO3. The zero-order chi connectivity index (χ0) is 13.0. The smallest absolute Gasteiger partial charge is 0.137 e. The van der Waals surface area contributed by atoms with Crippen molar-refractivity contribution in [3.8, 4) is 5.75 Å². The van der Waals surface area contributed by atoms with Crippen molar-refractivity contribution in [1.29, 1.82) is 0 Å². The normalized spacial score (nSPS) is 18.6. The lowest BCUT2D eigenvalue weighted by atomic mass is 10.0. The first-order valence-electron chi connectivity index (χ1n) is 6.35. The summed E-state index contributed by atoms with van der Waals surface area (Å²) < 4.78 is 11.1. The minimum absolute atomic E-state index is 0.507. The van der Waals surface area contributed by atoms with E-state index in [4.69, 9.17) is 21.1 Å². The van der Waals surface area contributed by atoms with Gasteiger partial charge in [-0.25, -0.2) is 0 Å². The van der Waals surface area contributed by atoms with E-state index in [1.54, 1.807) is 13.0 Å². The number of ether oxygens (including phenoxy) is 2. The molecule has 0 spiro atoms. The molecule has 1 aliphatic heterocycles. The molecule has 1 N–H and O–H groups in total. The largest absolute Gasteiger partial charge is 0.492 e. The van der Waals surface area contributed by atoms with Crippen LogP contribution in [-0.4, -0.2) is 24.9 Å². The van der Waals surface area contributed by atoms with Crippen LogP contribution < -0.4 is 4.74 Å². The number of hydrogen-bond donors (Lipinski definition) is 1. The van der Waals surface area contributed by atoms with Gasteiger partial charge in [0.05, 0.1) is 17.7 Å². The SMILES string of the molecule is C[C@@H](O)c1ccc(OCC2CCOCC2)c(Cl)c1. The Bertz CT molecular complexity index is 387. The minimum atomic E-state index is -0.507. The molecule has 1 fully saturated rings. The first-order valence-corrected chi connectivity index (χ1v) is 6.72. The molecule has 4 heteroatoms. The molecule has 0 aromatic heterocycles. The number of aliphatic hydroxyl groups is 1. The second-order valence-corrected chi connectivity index (χ2v) is 5.14. The van der Waals surface area contributed by atoms with E-state index in [0.29, 0.717) is 23.3 Å². The third kappa shape index (κ3) is 3.61. The number of hydrogen-bond acceptors (Lipinski definition) is 3. The summed E-state index contributed by atoms with van der Waals surface area (Å²) >= 11 is 6.13. The monoisotopic (exact) mass is 270 g/mol. The first kappa shape index (κ1) is 13.7. The third-order valence-electron chi connectivity index (χ3n) is 3.25. The van der Waals surface area contributed by atoms with Crippen molar-refractivity contribution in [2.75, 3.05) is 19.8 Å². The molecule has 0 amide bonds. The molecule has 0 unspecified atom stereocenters. The van der Waals surface area contributed by atoms with Gasteiger partial charge in [0.1, 0.15) is 5.75 Å². The molecule has 1 heterocycles. The van der Waals surface area contributed by atoms with Crippen molar-refractivity contribution in [1.82, 2.24) is 0 Å². The van der Waals surface area contributed by atoms with Crippen molar-refractivity contribution in [3.63, 3.8) is 0 Å². The lowest BCUT2D eigenvalue weighted by Crippen LogP contribution is -2.21. The highest BCUT2D eigenvalue weighted by Crippen LogP contribution is 2.29. The Hall–Kier alpha value is -0.770. The summed E-state index contributed by atoms with van der Waals surface area (Å²) in [6.45, 7) is 4.04. The van der Waals surface area contributed by atoms with Gasteiger partial charge < -0.3 is 14.6 Å². The van der Waals surface area contributed by atoms with E-state index in [9.17, 15) is 5.11 Å². The van der Waals surface area contributed by atoms with Crippen LogP contribution in [0.3, 0.4) is 0 Å². The average Bonchev–Trinajstić information content (AvgIpc) is 2.38. The molecule has 0 bridgehead atoms. The van der Waals surface area contributed by atoms with Crippen LogP contribution in [0, 0.1) is 5.92 Å². The highest BCUT2D eigenvalue weighted by Gasteiger charge is 2.15. The Balaban J connectivity index is 1.92. The minimum Gasteiger partial charge on any atom is -0.492 e. The lowest BCUT2D eigenvalue weighted by Gasteiger charge is -2.22. The van der Waals surface area contributed by atoms with Gasteiger partial charge in [-0.15, -0.1) is 0 Å². The quantitative estimate of drug-likeness (QED) is 0.913. The van der Waals surface area contributed by atoms with Crippen LogP contribution >= 0.6 is 11.6 Å². The van der Waals surface area contributed by atoms with E-state index in [1.807, 2.05) is 12.1 Å². The Labute approximate surface area is 113 Å². The number of rotatable bonds is 4. The molecule has 2 rings (SSSR count). The van der Waals surface area contributed by atoms with E-state index in [0.717, 1.165) is 31.6 Å². The number of halogens is 1. The van der Waals surface area contributed by atoms with Gasteiger partial charge in [-0.1, -0.05) is 17.7 Å². The summed E-state index contributed by atoms with van der Waals surface area (Å²) in [5.74, 6) is 1.24. The Morgan fingerprint density at radius 2 is 2.17 bits per heavy atom. The van der Waals surface area contributed by atoms with E-state index in [1.165, 1.54) is 0 Å². The van der Waals surface area contributed by atoms with Crippen LogP contribution in [0.5, 0.6) is 5.75 Å². The van der Waals surface area contributed by atoms with Crippen LogP contribution in [0.1, 0.15) is 31.4 Å². The topological polar surface area (TPSA) is 38.7 Å². The van der Waals surface area contributed by atoms with Crippen molar-refractivity contribution in [3.05, 3.63) is 28.8 Å². The molecule has 18 heavy (non-hydrogen) atoms. The summed E-state index contributed by atoms with van der Waals surface area (Å²) in [5.41, 5.74) is 0.804. The molecular weight excluding hydrogens is 252 g/mol. The van der Waals surface area contributed by atoms with Crippen LogP contribution in [-0.2, 0) is 4.74 Å². The van der Waals surface area contributed by atoms with Gasteiger partial charge >= 0.3 is 0 Å². The second kappa shape index (κ2) is 6.41.